The van der Waals surface area contributed by atoms with Crippen LogP contribution in [0.15, 0.2) is 0 Å². The Kier molecular flexibility index (Phi) is 5.58. The second kappa shape index (κ2) is 6.32. The highest BCUT2D eigenvalue weighted by Crippen LogP contribution is 2.25. The molecule has 0 radical (unpaired) electrons. The van der Waals surface area contributed by atoms with E-state index >= 15 is 0 Å². The van der Waals surface area contributed by atoms with Crippen LogP contribution in [0.3, 0.4) is 0 Å². The number of nitrogens with zero attached hydrogens (tertiary/aromatic N) is 2. The van der Waals surface area contributed by atoms with E-state index in [1.807, 2.05) is 13.8 Å². The van der Waals surface area contributed by atoms with Crippen molar-refractivity contribution in [3.8, 4) is 0 Å². The molecular weight excluding hydrogens is 252 g/mol. The van der Waals surface area contributed by atoms with Gasteiger partial charge in [-0.1, -0.05) is 12.8 Å². The molecule has 0 saturated heterocycles. The van der Waals surface area contributed by atoms with Crippen molar-refractivity contribution in [3.05, 3.63) is 0 Å². The van der Waals surface area contributed by atoms with Crippen LogP contribution in [0.1, 0.15) is 39.5 Å². The number of hydrogen-bond donors (Lipinski definition) is 1. The van der Waals surface area contributed by atoms with E-state index in [0.717, 1.165) is 25.7 Å². The SMILES string of the molecule is CC(C)N(C)S(=O)(=O)N(C)CC1CCCCC1O. The van der Waals surface area contributed by atoms with Crippen LogP contribution in [-0.2, 0) is 10.2 Å². The highest BCUT2D eigenvalue weighted by Gasteiger charge is 2.31. The summed E-state index contributed by atoms with van der Waals surface area (Å²) in [6, 6.07) is -0.0614. The summed E-state index contributed by atoms with van der Waals surface area (Å²) in [5.74, 6) is 0.0686. The van der Waals surface area contributed by atoms with E-state index in [4.69, 9.17) is 0 Å². The first-order chi connectivity index (χ1) is 8.26. The van der Waals surface area contributed by atoms with Crippen LogP contribution in [0, 0.1) is 5.92 Å². The van der Waals surface area contributed by atoms with Crippen LogP contribution < -0.4 is 0 Å². The molecule has 1 aliphatic carbocycles. The predicted octanol–water partition coefficient (Wildman–Crippen LogP) is 1.05. The predicted molar refractivity (Wildman–Crippen MR) is 72.4 cm³/mol. The zero-order valence-electron chi connectivity index (χ0n) is 11.8. The first kappa shape index (κ1) is 15.9. The summed E-state index contributed by atoms with van der Waals surface area (Å²) in [6.45, 7) is 4.10. The lowest BCUT2D eigenvalue weighted by molar-refractivity contribution is 0.0613. The zero-order chi connectivity index (χ0) is 13.9. The number of rotatable bonds is 5. The Morgan fingerprint density at radius 3 is 2.28 bits per heavy atom. The summed E-state index contributed by atoms with van der Waals surface area (Å²) in [5, 5.41) is 9.90. The van der Waals surface area contributed by atoms with Crippen molar-refractivity contribution >= 4 is 10.2 Å². The van der Waals surface area contributed by atoms with Crippen LogP contribution in [0.5, 0.6) is 0 Å². The molecule has 0 aliphatic heterocycles. The Hall–Kier alpha value is -0.170. The van der Waals surface area contributed by atoms with Gasteiger partial charge >= 0.3 is 0 Å². The third-order valence-corrected chi connectivity index (χ3v) is 5.93. The van der Waals surface area contributed by atoms with Gasteiger partial charge in [-0.05, 0) is 32.6 Å². The van der Waals surface area contributed by atoms with Gasteiger partial charge in [0.2, 0.25) is 0 Å². The van der Waals surface area contributed by atoms with Crippen LogP contribution in [0.4, 0.5) is 0 Å². The molecular formula is C12H26N2O3S. The fourth-order valence-corrected chi connectivity index (χ4v) is 3.66. The van der Waals surface area contributed by atoms with Crippen molar-refractivity contribution in [1.29, 1.82) is 0 Å². The van der Waals surface area contributed by atoms with Gasteiger partial charge in [0.05, 0.1) is 6.10 Å². The van der Waals surface area contributed by atoms with Gasteiger partial charge < -0.3 is 5.11 Å². The van der Waals surface area contributed by atoms with E-state index in [0.29, 0.717) is 6.54 Å². The van der Waals surface area contributed by atoms with Crippen molar-refractivity contribution in [3.63, 3.8) is 0 Å². The third kappa shape index (κ3) is 3.66. The van der Waals surface area contributed by atoms with Gasteiger partial charge in [-0.3, -0.25) is 0 Å². The molecule has 0 bridgehead atoms. The van der Waals surface area contributed by atoms with Crippen molar-refractivity contribution < 1.29 is 13.5 Å². The molecule has 1 aliphatic rings. The van der Waals surface area contributed by atoms with Crippen molar-refractivity contribution in [1.82, 2.24) is 8.61 Å². The highest BCUT2D eigenvalue weighted by atomic mass is 32.2. The topological polar surface area (TPSA) is 60.9 Å². The molecule has 1 saturated carbocycles. The lowest BCUT2D eigenvalue weighted by atomic mass is 9.86. The smallest absolute Gasteiger partial charge is 0.281 e. The molecule has 1 fully saturated rings. The maximum Gasteiger partial charge on any atom is 0.281 e. The maximum absolute atomic E-state index is 12.2. The molecule has 6 heteroatoms. The molecule has 0 aromatic rings. The Morgan fingerprint density at radius 2 is 1.78 bits per heavy atom. The highest BCUT2D eigenvalue weighted by molar-refractivity contribution is 7.86. The van der Waals surface area contributed by atoms with Gasteiger partial charge in [-0.15, -0.1) is 0 Å². The van der Waals surface area contributed by atoms with Gasteiger partial charge in [0.25, 0.3) is 10.2 Å². The van der Waals surface area contributed by atoms with Crippen molar-refractivity contribution in [2.45, 2.75) is 51.7 Å². The summed E-state index contributed by atoms with van der Waals surface area (Å²) < 4.78 is 27.2. The molecule has 0 spiro atoms. The zero-order valence-corrected chi connectivity index (χ0v) is 12.7. The Labute approximate surface area is 111 Å². The lowest BCUT2D eigenvalue weighted by Gasteiger charge is -2.33. The standard InChI is InChI=1S/C12H26N2O3S/c1-10(2)14(4)18(16,17)13(3)9-11-7-5-6-8-12(11)15/h10-12,15H,5-9H2,1-4H3. The fourth-order valence-electron chi connectivity index (χ4n) is 2.31. The summed E-state index contributed by atoms with van der Waals surface area (Å²) in [6.07, 6.45) is 3.46. The minimum absolute atomic E-state index is 0.0614. The first-order valence-corrected chi connectivity index (χ1v) is 8.04. The molecule has 2 unspecified atom stereocenters. The normalized spacial score (nSPS) is 26.2. The molecule has 18 heavy (non-hydrogen) atoms. The van der Waals surface area contributed by atoms with Gasteiger partial charge in [0.1, 0.15) is 0 Å². The summed E-state index contributed by atoms with van der Waals surface area (Å²) >= 11 is 0. The molecule has 0 amide bonds. The average molecular weight is 278 g/mol. The summed E-state index contributed by atoms with van der Waals surface area (Å²) in [7, 11) is -0.222. The van der Waals surface area contributed by atoms with Gasteiger partial charge in [-0.25, -0.2) is 0 Å². The third-order valence-electron chi connectivity index (χ3n) is 3.85. The Bertz CT molecular complexity index is 356. The van der Waals surface area contributed by atoms with E-state index in [1.54, 1.807) is 14.1 Å². The minimum atomic E-state index is -3.41. The average Bonchev–Trinajstić information content (AvgIpc) is 2.30. The van der Waals surface area contributed by atoms with E-state index in [-0.39, 0.29) is 18.1 Å². The van der Waals surface area contributed by atoms with Crippen LogP contribution in [0.25, 0.3) is 0 Å². The van der Waals surface area contributed by atoms with E-state index < -0.39 is 10.2 Å². The van der Waals surface area contributed by atoms with Crippen LogP contribution in [0.2, 0.25) is 0 Å². The molecule has 5 nitrogen and oxygen atoms in total. The van der Waals surface area contributed by atoms with E-state index in [2.05, 4.69) is 0 Å². The van der Waals surface area contributed by atoms with Crippen LogP contribution >= 0.6 is 0 Å². The molecule has 2 atom stereocenters. The maximum atomic E-state index is 12.2. The van der Waals surface area contributed by atoms with E-state index in [9.17, 15) is 13.5 Å². The summed E-state index contributed by atoms with van der Waals surface area (Å²) in [4.78, 5) is 0. The second-order valence-corrected chi connectivity index (χ2v) is 7.61. The molecule has 0 aromatic carbocycles. The summed E-state index contributed by atoms with van der Waals surface area (Å²) in [5.41, 5.74) is 0. The van der Waals surface area contributed by atoms with E-state index in [1.165, 1.54) is 8.61 Å². The quantitative estimate of drug-likeness (QED) is 0.818. The van der Waals surface area contributed by atoms with Gasteiger partial charge in [0, 0.05) is 26.7 Å². The van der Waals surface area contributed by atoms with Crippen molar-refractivity contribution in [2.24, 2.45) is 5.92 Å². The van der Waals surface area contributed by atoms with Gasteiger partial charge in [-0.2, -0.15) is 17.0 Å². The van der Waals surface area contributed by atoms with Crippen molar-refractivity contribution in [2.75, 3.05) is 20.6 Å². The minimum Gasteiger partial charge on any atom is -0.393 e. The fraction of sp³-hybridized carbons (Fsp3) is 1.00. The van der Waals surface area contributed by atoms with Crippen LogP contribution in [-0.4, -0.2) is 54.9 Å². The molecule has 108 valence electrons. The number of hydrogen-bond acceptors (Lipinski definition) is 3. The number of aliphatic hydroxyl groups excluding tert-OH is 1. The largest absolute Gasteiger partial charge is 0.393 e. The first-order valence-electron chi connectivity index (χ1n) is 6.64. The van der Waals surface area contributed by atoms with Gasteiger partial charge in [0.15, 0.2) is 0 Å². The Balaban J connectivity index is 2.66. The lowest BCUT2D eigenvalue weighted by Crippen LogP contribution is -2.46. The molecule has 0 aromatic heterocycles. The monoisotopic (exact) mass is 278 g/mol. The molecule has 1 rings (SSSR count). The second-order valence-electron chi connectivity index (χ2n) is 5.51. The number of aliphatic hydroxyl groups is 1. The Morgan fingerprint density at radius 1 is 1.22 bits per heavy atom. The molecule has 1 N–H and O–H groups in total. The molecule has 0 heterocycles.